The Bertz CT molecular complexity index is 1060. The van der Waals surface area contributed by atoms with E-state index in [0.717, 1.165) is 7.11 Å². The van der Waals surface area contributed by atoms with Crippen molar-refractivity contribution >= 4 is 17.3 Å². The number of carbonyl (C=O) groups is 1. The van der Waals surface area contributed by atoms with E-state index in [2.05, 4.69) is 10.3 Å². The molecule has 0 fully saturated rings. The number of methoxy groups -OCH3 is 1. The number of esters is 1. The smallest absolute Gasteiger partial charge is 0.344 e. The van der Waals surface area contributed by atoms with Gasteiger partial charge >= 0.3 is 5.97 Å². The molecule has 0 amide bonds. The van der Waals surface area contributed by atoms with Crippen molar-refractivity contribution in [3.05, 3.63) is 99.1 Å². The second-order valence-corrected chi connectivity index (χ2v) is 6.32. The summed E-state index contributed by atoms with van der Waals surface area (Å²) in [6, 6.07) is 13.8. The van der Waals surface area contributed by atoms with Crippen molar-refractivity contribution in [1.82, 2.24) is 4.98 Å². The largest absolute Gasteiger partial charge is 0.465 e. The summed E-state index contributed by atoms with van der Waals surface area (Å²) in [7, 11) is 1.16. The number of carbonyl (C=O) groups excluding carboxylic acids is 1. The zero-order valence-electron chi connectivity index (χ0n) is 15.8. The van der Waals surface area contributed by atoms with Gasteiger partial charge in [-0.25, -0.2) is 9.18 Å². The van der Waals surface area contributed by atoms with Gasteiger partial charge in [-0.05, 0) is 48.9 Å². The molecule has 29 heavy (non-hydrogen) atoms. The van der Waals surface area contributed by atoms with Crippen LogP contribution in [0.2, 0.25) is 0 Å². The number of rotatable bonds is 6. The van der Waals surface area contributed by atoms with Gasteiger partial charge in [-0.15, -0.1) is 0 Å². The molecule has 148 valence electrons. The number of nitrogens with zero attached hydrogens (tertiary/aromatic N) is 2. The highest BCUT2D eigenvalue weighted by atomic mass is 19.1. The quantitative estimate of drug-likeness (QED) is 0.377. The number of aromatic nitrogens is 1. The van der Waals surface area contributed by atoms with E-state index in [1.807, 2.05) is 0 Å². The molecule has 1 unspecified atom stereocenters. The molecule has 1 atom stereocenters. The molecule has 2 aromatic carbocycles. The number of hydrogen-bond acceptors (Lipinski definition) is 6. The maximum absolute atomic E-state index is 13.8. The summed E-state index contributed by atoms with van der Waals surface area (Å²) in [5.74, 6) is -1.22. The van der Waals surface area contributed by atoms with E-state index in [-0.39, 0.29) is 11.3 Å². The van der Waals surface area contributed by atoms with Crippen molar-refractivity contribution in [2.75, 3.05) is 12.4 Å². The van der Waals surface area contributed by atoms with Gasteiger partial charge in [0.15, 0.2) is 0 Å². The molecule has 0 aliphatic rings. The zero-order valence-corrected chi connectivity index (χ0v) is 15.8. The summed E-state index contributed by atoms with van der Waals surface area (Å²) in [4.78, 5) is 27.2. The number of benzene rings is 2. The number of nitro groups is 1. The minimum Gasteiger partial charge on any atom is -0.465 e. The topological polar surface area (TPSA) is 94.4 Å². The third-order valence-corrected chi connectivity index (χ3v) is 4.36. The average molecular weight is 395 g/mol. The summed E-state index contributed by atoms with van der Waals surface area (Å²) in [6.07, 6.45) is 1.62. The van der Waals surface area contributed by atoms with Gasteiger partial charge in [-0.3, -0.25) is 15.1 Å². The number of pyridine rings is 1. The lowest BCUT2D eigenvalue weighted by Crippen LogP contribution is -2.15. The first-order valence-electron chi connectivity index (χ1n) is 8.71. The van der Waals surface area contributed by atoms with Gasteiger partial charge in [-0.1, -0.05) is 18.2 Å². The van der Waals surface area contributed by atoms with Crippen LogP contribution in [-0.4, -0.2) is 23.0 Å². The van der Waals surface area contributed by atoms with Crippen LogP contribution >= 0.6 is 0 Å². The fourth-order valence-electron chi connectivity index (χ4n) is 3.10. The third-order valence-electron chi connectivity index (χ3n) is 4.36. The van der Waals surface area contributed by atoms with Crippen molar-refractivity contribution < 1.29 is 18.8 Å². The Labute approximate surface area is 166 Å². The van der Waals surface area contributed by atoms with Gasteiger partial charge in [0.1, 0.15) is 11.4 Å². The number of halogens is 1. The maximum Gasteiger partial charge on any atom is 0.344 e. The Hall–Kier alpha value is -3.81. The van der Waals surface area contributed by atoms with Crippen LogP contribution in [0.1, 0.15) is 33.2 Å². The minimum absolute atomic E-state index is 0.168. The summed E-state index contributed by atoms with van der Waals surface area (Å²) in [5, 5.41) is 14.6. The van der Waals surface area contributed by atoms with Gasteiger partial charge in [0, 0.05) is 17.4 Å². The predicted molar refractivity (Wildman–Crippen MR) is 105 cm³/mol. The lowest BCUT2D eigenvalue weighted by atomic mass is 10.0. The van der Waals surface area contributed by atoms with Gasteiger partial charge in [-0.2, -0.15) is 0 Å². The molecule has 3 rings (SSSR count). The van der Waals surface area contributed by atoms with Crippen molar-refractivity contribution in [3.8, 4) is 0 Å². The minimum atomic E-state index is -0.816. The molecule has 0 aliphatic carbocycles. The number of nitrogens with one attached hydrogen (secondary N) is 1. The Balaban J connectivity index is 2.09. The lowest BCUT2D eigenvalue weighted by molar-refractivity contribution is -0.385. The molecule has 0 spiro atoms. The zero-order chi connectivity index (χ0) is 21.0. The summed E-state index contributed by atoms with van der Waals surface area (Å²) in [6.45, 7) is 1.54. The Morgan fingerprint density at radius 2 is 2.00 bits per heavy atom. The van der Waals surface area contributed by atoms with E-state index in [1.54, 1.807) is 42.6 Å². The number of hydrogen-bond donors (Lipinski definition) is 1. The van der Waals surface area contributed by atoms with Crippen LogP contribution in [0.25, 0.3) is 0 Å². The van der Waals surface area contributed by atoms with Crippen molar-refractivity contribution in [3.63, 3.8) is 0 Å². The summed E-state index contributed by atoms with van der Waals surface area (Å²) in [5.41, 5.74) is 1.47. The molecule has 0 bridgehead atoms. The molecule has 8 heteroatoms. The molecule has 0 radical (unpaired) electrons. The van der Waals surface area contributed by atoms with E-state index in [4.69, 9.17) is 4.74 Å². The van der Waals surface area contributed by atoms with Gasteiger partial charge in [0.2, 0.25) is 0 Å². The second kappa shape index (κ2) is 8.47. The van der Waals surface area contributed by atoms with E-state index < -0.39 is 22.8 Å². The molecule has 0 saturated carbocycles. The van der Waals surface area contributed by atoms with Crippen LogP contribution in [0.5, 0.6) is 0 Å². The van der Waals surface area contributed by atoms with Gasteiger partial charge in [0.25, 0.3) is 5.69 Å². The number of anilines is 1. The van der Waals surface area contributed by atoms with Crippen molar-refractivity contribution in [2.24, 2.45) is 0 Å². The Morgan fingerprint density at radius 3 is 2.62 bits per heavy atom. The number of aryl methyl sites for hydroxylation is 1. The van der Waals surface area contributed by atoms with Crippen molar-refractivity contribution in [1.29, 1.82) is 0 Å². The number of ether oxygens (including phenoxy) is 1. The monoisotopic (exact) mass is 395 g/mol. The first-order chi connectivity index (χ1) is 13.9. The fraction of sp³-hybridized carbons (Fsp3) is 0.143. The summed E-state index contributed by atoms with van der Waals surface area (Å²) < 4.78 is 18.5. The van der Waals surface area contributed by atoms with Gasteiger partial charge < -0.3 is 10.1 Å². The highest BCUT2D eigenvalue weighted by molar-refractivity contribution is 5.95. The average Bonchev–Trinajstić information content (AvgIpc) is 2.71. The molecule has 3 aromatic rings. The fourth-order valence-corrected chi connectivity index (χ4v) is 3.10. The van der Waals surface area contributed by atoms with E-state index in [0.29, 0.717) is 22.5 Å². The Morgan fingerprint density at radius 1 is 1.21 bits per heavy atom. The van der Waals surface area contributed by atoms with Crippen LogP contribution in [0.3, 0.4) is 0 Å². The van der Waals surface area contributed by atoms with Crippen LogP contribution < -0.4 is 5.32 Å². The molecule has 0 aliphatic heterocycles. The van der Waals surface area contributed by atoms with Crippen LogP contribution in [0, 0.1) is 22.9 Å². The maximum atomic E-state index is 13.8. The normalized spacial score (nSPS) is 11.6. The predicted octanol–water partition coefficient (Wildman–Crippen LogP) is 4.43. The number of nitro benzene ring substituents is 1. The van der Waals surface area contributed by atoms with Gasteiger partial charge in [0.05, 0.1) is 23.8 Å². The lowest BCUT2D eigenvalue weighted by Gasteiger charge is -2.21. The van der Waals surface area contributed by atoms with E-state index in [9.17, 15) is 19.3 Å². The molecule has 1 aromatic heterocycles. The van der Waals surface area contributed by atoms with Crippen LogP contribution in [0.4, 0.5) is 15.8 Å². The highest BCUT2D eigenvalue weighted by Crippen LogP contribution is 2.32. The first kappa shape index (κ1) is 19.9. The molecular formula is C21H18FN3O4. The SMILES string of the molecule is COC(=O)c1cc(NC(c2cccc(F)c2)c2ccccn2)cc(C)c1[N+](=O)[O-]. The first-order valence-corrected chi connectivity index (χ1v) is 8.71. The van der Waals surface area contributed by atoms with E-state index >= 15 is 0 Å². The van der Waals surface area contributed by atoms with Crippen molar-refractivity contribution in [2.45, 2.75) is 13.0 Å². The van der Waals surface area contributed by atoms with Crippen LogP contribution in [0.15, 0.2) is 60.8 Å². The molecular weight excluding hydrogens is 377 g/mol. The third kappa shape index (κ3) is 4.37. The van der Waals surface area contributed by atoms with E-state index in [1.165, 1.54) is 25.1 Å². The molecule has 7 nitrogen and oxygen atoms in total. The standard InChI is InChI=1S/C21H18FN3O4/c1-13-10-16(12-17(21(26)29-2)20(13)25(27)28)24-19(18-8-3-4-9-23-18)14-6-5-7-15(22)11-14/h3-12,19,24H,1-2H3. The summed E-state index contributed by atoms with van der Waals surface area (Å²) >= 11 is 0. The van der Waals surface area contributed by atoms with Crippen LogP contribution in [-0.2, 0) is 4.74 Å². The Kier molecular flexibility index (Phi) is 5.82. The highest BCUT2D eigenvalue weighted by Gasteiger charge is 2.26. The molecule has 0 saturated heterocycles. The second-order valence-electron chi connectivity index (χ2n) is 6.32. The molecule has 1 heterocycles. The molecule has 1 N–H and O–H groups in total.